The standard InChI is InChI=1S/C31H33ClN4O5S/c1-42(39,40)18-20-16-36(17-20)15-19-2-4-21(5-3-19)22-6-8-23(9-7-22)28-26(32)14-27-29(34-28)35-31(33-27)41-25-12-10-24(11-13-25)30(37)38/h2-9,14,20,24-25H,10-13,15-18H2,1H3,(H,37,38)(H,33,34,35)/t24-,25-. The van der Waals surface area contributed by atoms with E-state index >= 15 is 0 Å². The maximum absolute atomic E-state index is 11.5. The van der Waals surface area contributed by atoms with Gasteiger partial charge < -0.3 is 14.8 Å². The first-order chi connectivity index (χ1) is 20.1. The monoisotopic (exact) mass is 608 g/mol. The highest BCUT2D eigenvalue weighted by molar-refractivity contribution is 7.90. The minimum Gasteiger partial charge on any atom is -0.481 e. The van der Waals surface area contributed by atoms with Gasteiger partial charge in [0.15, 0.2) is 5.65 Å². The van der Waals surface area contributed by atoms with Gasteiger partial charge in [-0.15, -0.1) is 0 Å². The van der Waals surface area contributed by atoms with Crippen molar-refractivity contribution in [2.24, 2.45) is 11.8 Å². The van der Waals surface area contributed by atoms with Crippen molar-refractivity contribution in [2.75, 3.05) is 25.1 Å². The summed E-state index contributed by atoms with van der Waals surface area (Å²) in [6, 6.07) is 18.7. The lowest BCUT2D eigenvalue weighted by atomic mass is 9.87. The fraction of sp³-hybridized carbons (Fsp3) is 0.387. The van der Waals surface area contributed by atoms with E-state index in [1.165, 1.54) is 11.8 Å². The maximum Gasteiger partial charge on any atom is 0.306 e. The van der Waals surface area contributed by atoms with Gasteiger partial charge in [-0.1, -0.05) is 60.1 Å². The molecule has 11 heteroatoms. The van der Waals surface area contributed by atoms with Crippen molar-refractivity contribution < 1.29 is 23.1 Å². The van der Waals surface area contributed by atoms with Crippen molar-refractivity contribution >= 4 is 38.6 Å². The van der Waals surface area contributed by atoms with Gasteiger partial charge in [0.05, 0.1) is 27.9 Å². The molecular weight excluding hydrogens is 576 g/mol. The van der Waals surface area contributed by atoms with E-state index in [1.807, 2.05) is 24.3 Å². The fourth-order valence-corrected chi connectivity index (χ4v) is 7.29. The molecular formula is C31H33ClN4O5S. The molecule has 1 saturated heterocycles. The minimum absolute atomic E-state index is 0.0762. The molecule has 0 atom stereocenters. The van der Waals surface area contributed by atoms with Crippen LogP contribution < -0.4 is 4.74 Å². The van der Waals surface area contributed by atoms with E-state index in [0.717, 1.165) is 36.3 Å². The van der Waals surface area contributed by atoms with Crippen LogP contribution in [0.25, 0.3) is 33.5 Å². The van der Waals surface area contributed by atoms with Crippen LogP contribution in [0.3, 0.4) is 0 Å². The average molecular weight is 609 g/mol. The summed E-state index contributed by atoms with van der Waals surface area (Å²) < 4.78 is 29.0. The number of likely N-dealkylation sites (tertiary alicyclic amines) is 1. The molecule has 2 fully saturated rings. The molecule has 9 nitrogen and oxygen atoms in total. The van der Waals surface area contributed by atoms with E-state index in [2.05, 4.69) is 39.1 Å². The van der Waals surface area contributed by atoms with Crippen molar-refractivity contribution in [1.82, 2.24) is 19.9 Å². The Morgan fingerprint density at radius 2 is 1.62 bits per heavy atom. The number of aliphatic carboxylic acids is 1. The van der Waals surface area contributed by atoms with Crippen molar-refractivity contribution in [2.45, 2.75) is 38.3 Å². The Bertz CT molecular complexity index is 1690. The van der Waals surface area contributed by atoms with Gasteiger partial charge in [-0.25, -0.2) is 13.4 Å². The first kappa shape index (κ1) is 28.6. The first-order valence-corrected chi connectivity index (χ1v) is 16.6. The average Bonchev–Trinajstić information content (AvgIpc) is 3.32. The number of nitrogens with one attached hydrogen (secondary N) is 1. The second-order valence-corrected chi connectivity index (χ2v) is 14.2. The highest BCUT2D eigenvalue weighted by Crippen LogP contribution is 2.33. The molecule has 0 radical (unpaired) electrons. The van der Waals surface area contributed by atoms with Crippen LogP contribution in [-0.2, 0) is 21.2 Å². The van der Waals surface area contributed by atoms with Crippen molar-refractivity contribution in [3.05, 3.63) is 65.2 Å². The Balaban J connectivity index is 1.09. The first-order valence-electron chi connectivity index (χ1n) is 14.1. The number of hydrogen-bond donors (Lipinski definition) is 2. The van der Waals surface area contributed by atoms with Crippen LogP contribution in [0.4, 0.5) is 0 Å². The molecule has 0 unspecified atom stereocenters. The van der Waals surface area contributed by atoms with Crippen molar-refractivity contribution in [1.29, 1.82) is 0 Å². The van der Waals surface area contributed by atoms with Gasteiger partial charge in [0.2, 0.25) is 0 Å². The number of aromatic nitrogens is 3. The van der Waals surface area contributed by atoms with Crippen LogP contribution in [0.15, 0.2) is 54.6 Å². The van der Waals surface area contributed by atoms with Gasteiger partial charge in [0, 0.05) is 31.5 Å². The molecule has 220 valence electrons. The molecule has 1 aliphatic heterocycles. The third kappa shape index (κ3) is 6.61. The number of hydrogen-bond acceptors (Lipinski definition) is 7. The molecule has 2 N–H and O–H groups in total. The molecule has 4 aromatic rings. The third-order valence-electron chi connectivity index (χ3n) is 8.13. The Labute approximate surface area is 249 Å². The molecule has 3 heterocycles. The van der Waals surface area contributed by atoms with Crippen molar-refractivity contribution in [3.63, 3.8) is 0 Å². The van der Waals surface area contributed by atoms with E-state index in [4.69, 9.17) is 21.3 Å². The summed E-state index contributed by atoms with van der Waals surface area (Å²) in [5.74, 6) is -0.532. The SMILES string of the molecule is CS(=O)(=O)CC1CN(Cc2ccc(-c3ccc(-c4nc5nc(O[C@H]6CC[C@H](C(=O)O)CC6)[nH]c5cc4Cl)cc3)cc2)C1. The normalized spacial score (nSPS) is 20.0. The Morgan fingerprint density at radius 1 is 1.00 bits per heavy atom. The maximum atomic E-state index is 11.5. The molecule has 0 bridgehead atoms. The summed E-state index contributed by atoms with van der Waals surface area (Å²) in [6.07, 6.45) is 3.77. The second kappa shape index (κ2) is 11.7. The van der Waals surface area contributed by atoms with Gasteiger partial charge in [0.1, 0.15) is 15.9 Å². The van der Waals surface area contributed by atoms with E-state index in [-0.39, 0.29) is 23.7 Å². The van der Waals surface area contributed by atoms with Gasteiger partial charge in [-0.3, -0.25) is 9.69 Å². The Hall–Kier alpha value is -3.47. The quantitative estimate of drug-likeness (QED) is 0.257. The lowest BCUT2D eigenvalue weighted by Crippen LogP contribution is -2.48. The topological polar surface area (TPSA) is 125 Å². The number of H-pyrrole nitrogens is 1. The number of aromatic amines is 1. The summed E-state index contributed by atoms with van der Waals surface area (Å²) in [6.45, 7) is 2.46. The number of benzene rings is 2. The van der Waals surface area contributed by atoms with Crippen LogP contribution in [0, 0.1) is 11.8 Å². The molecule has 1 saturated carbocycles. The number of carboxylic acids is 1. The zero-order chi connectivity index (χ0) is 29.4. The number of imidazole rings is 1. The lowest BCUT2D eigenvalue weighted by molar-refractivity contribution is -0.143. The number of sulfone groups is 1. The molecule has 1 aliphatic carbocycles. The zero-order valence-electron chi connectivity index (χ0n) is 23.3. The molecule has 0 amide bonds. The number of pyridine rings is 1. The number of ether oxygens (including phenoxy) is 1. The molecule has 0 spiro atoms. The third-order valence-corrected chi connectivity index (χ3v) is 9.49. The number of halogens is 1. The number of nitrogens with zero attached hydrogens (tertiary/aromatic N) is 3. The number of fused-ring (bicyclic) bond motifs is 1. The molecule has 2 aromatic carbocycles. The van der Waals surface area contributed by atoms with E-state index in [1.54, 1.807) is 6.07 Å². The number of rotatable bonds is 9. The van der Waals surface area contributed by atoms with Crippen LogP contribution in [0.1, 0.15) is 31.2 Å². The molecule has 2 aromatic heterocycles. The van der Waals surface area contributed by atoms with Gasteiger partial charge in [-0.05, 0) is 54.4 Å². The fourth-order valence-electron chi connectivity index (χ4n) is 5.96. The van der Waals surface area contributed by atoms with E-state index in [0.29, 0.717) is 53.6 Å². The largest absolute Gasteiger partial charge is 0.481 e. The van der Waals surface area contributed by atoms with Gasteiger partial charge in [0.25, 0.3) is 6.01 Å². The van der Waals surface area contributed by atoms with Gasteiger partial charge >= 0.3 is 5.97 Å². The second-order valence-electron chi connectivity index (χ2n) is 11.6. The number of carboxylic acid groups (broad SMARTS) is 1. The van der Waals surface area contributed by atoms with Crippen LogP contribution in [-0.4, -0.2) is 70.5 Å². The van der Waals surface area contributed by atoms with Crippen molar-refractivity contribution in [3.8, 4) is 28.4 Å². The minimum atomic E-state index is -2.92. The summed E-state index contributed by atoms with van der Waals surface area (Å²) in [5, 5.41) is 9.71. The smallest absolute Gasteiger partial charge is 0.306 e. The summed E-state index contributed by atoms with van der Waals surface area (Å²) in [7, 11) is -2.92. The van der Waals surface area contributed by atoms with Gasteiger partial charge in [-0.2, -0.15) is 4.98 Å². The van der Waals surface area contributed by atoms with E-state index in [9.17, 15) is 18.3 Å². The Kier molecular flexibility index (Phi) is 7.95. The van der Waals surface area contributed by atoms with E-state index < -0.39 is 15.8 Å². The summed E-state index contributed by atoms with van der Waals surface area (Å²) in [4.78, 5) is 25.8. The zero-order valence-corrected chi connectivity index (χ0v) is 24.9. The molecule has 42 heavy (non-hydrogen) atoms. The molecule has 6 rings (SSSR count). The van der Waals surface area contributed by atoms with Crippen LogP contribution >= 0.6 is 11.6 Å². The predicted octanol–water partition coefficient (Wildman–Crippen LogP) is 5.44. The highest BCUT2D eigenvalue weighted by atomic mass is 35.5. The summed E-state index contributed by atoms with van der Waals surface area (Å²) in [5.41, 5.74) is 6.08. The van der Waals surface area contributed by atoms with Crippen LogP contribution in [0.5, 0.6) is 6.01 Å². The predicted molar refractivity (Wildman–Crippen MR) is 162 cm³/mol. The summed E-state index contributed by atoms with van der Waals surface area (Å²) >= 11 is 6.62. The lowest BCUT2D eigenvalue weighted by Gasteiger charge is -2.39. The van der Waals surface area contributed by atoms with Crippen LogP contribution in [0.2, 0.25) is 5.02 Å². The highest BCUT2D eigenvalue weighted by Gasteiger charge is 2.29. The Morgan fingerprint density at radius 3 is 2.24 bits per heavy atom. The number of carbonyl (C=O) groups is 1. The molecule has 2 aliphatic rings.